The smallest absolute Gasteiger partial charge is 0.139 e. The van der Waals surface area contributed by atoms with E-state index < -0.39 is 0 Å². The summed E-state index contributed by atoms with van der Waals surface area (Å²) in [4.78, 5) is 25.4. The molecular weight excluding hydrogens is 276 g/mol. The van der Waals surface area contributed by atoms with E-state index in [-0.39, 0.29) is 22.9 Å². The van der Waals surface area contributed by atoms with Crippen LogP contribution in [0.15, 0.2) is 0 Å². The Morgan fingerprint density at radius 3 is 2.64 bits per heavy atom. The molecule has 0 aliphatic heterocycles. The Balaban J connectivity index is 1.71. The Labute approximate surface area is 132 Å². The third-order valence-electron chi connectivity index (χ3n) is 8.04. The lowest BCUT2D eigenvalue weighted by atomic mass is 9.45. The summed E-state index contributed by atoms with van der Waals surface area (Å²) in [5, 5.41) is 10.0. The van der Waals surface area contributed by atoms with Crippen molar-refractivity contribution < 1.29 is 14.7 Å². The monoisotopic (exact) mass is 304 g/mol. The quantitative estimate of drug-likeness (QED) is 0.748. The number of aliphatic hydroxyl groups excluding tert-OH is 1. The van der Waals surface area contributed by atoms with Crippen molar-refractivity contribution in [3.05, 3.63) is 0 Å². The summed E-state index contributed by atoms with van der Waals surface area (Å²) in [5.41, 5.74) is -0.304. The molecular formula is C19H28O3. The van der Waals surface area contributed by atoms with Crippen molar-refractivity contribution in [1.29, 1.82) is 0 Å². The van der Waals surface area contributed by atoms with Gasteiger partial charge in [-0.15, -0.1) is 0 Å². The Morgan fingerprint density at radius 1 is 1.09 bits per heavy atom. The molecule has 0 unspecified atom stereocenters. The molecule has 0 aromatic heterocycles. The molecule has 4 saturated carbocycles. The highest BCUT2D eigenvalue weighted by molar-refractivity contribution is 5.95. The topological polar surface area (TPSA) is 54.4 Å². The minimum absolute atomic E-state index is 0.0617. The first-order chi connectivity index (χ1) is 10.4. The van der Waals surface area contributed by atoms with Crippen LogP contribution < -0.4 is 0 Å². The van der Waals surface area contributed by atoms with Crippen LogP contribution in [0.25, 0.3) is 0 Å². The number of fused-ring (bicyclic) bond motifs is 5. The van der Waals surface area contributed by atoms with Crippen LogP contribution in [0.4, 0.5) is 0 Å². The van der Waals surface area contributed by atoms with Gasteiger partial charge in [0.2, 0.25) is 0 Å². The zero-order chi connectivity index (χ0) is 15.7. The van der Waals surface area contributed by atoms with Crippen LogP contribution in [-0.4, -0.2) is 22.8 Å². The molecule has 0 bridgehead atoms. The molecule has 4 fully saturated rings. The molecule has 0 heterocycles. The van der Waals surface area contributed by atoms with Gasteiger partial charge in [-0.25, -0.2) is 0 Å². The van der Waals surface area contributed by atoms with E-state index >= 15 is 0 Å². The van der Waals surface area contributed by atoms with Crippen LogP contribution >= 0.6 is 0 Å². The van der Waals surface area contributed by atoms with E-state index in [1.807, 2.05) is 0 Å². The second-order valence-corrected chi connectivity index (χ2v) is 8.98. The van der Waals surface area contributed by atoms with E-state index in [0.29, 0.717) is 42.2 Å². The fourth-order valence-corrected chi connectivity index (χ4v) is 6.83. The molecule has 7 atom stereocenters. The number of ketones is 2. The van der Waals surface area contributed by atoms with Crippen LogP contribution in [0.2, 0.25) is 0 Å². The largest absolute Gasteiger partial charge is 0.393 e. The summed E-state index contributed by atoms with van der Waals surface area (Å²) in [7, 11) is 0. The molecule has 0 radical (unpaired) electrons. The normalized spacial score (nSPS) is 54.6. The lowest BCUT2D eigenvalue weighted by Crippen LogP contribution is -2.57. The van der Waals surface area contributed by atoms with Crippen LogP contribution in [0.1, 0.15) is 65.2 Å². The molecule has 0 aromatic carbocycles. The molecule has 0 amide bonds. The number of hydrogen-bond donors (Lipinski definition) is 1. The zero-order valence-corrected chi connectivity index (χ0v) is 13.8. The highest BCUT2D eigenvalue weighted by Crippen LogP contribution is 2.64. The highest BCUT2D eigenvalue weighted by Gasteiger charge is 2.63. The lowest BCUT2D eigenvalue weighted by molar-refractivity contribution is -0.162. The van der Waals surface area contributed by atoms with Crippen LogP contribution in [0, 0.1) is 34.5 Å². The van der Waals surface area contributed by atoms with E-state index in [4.69, 9.17) is 0 Å². The van der Waals surface area contributed by atoms with Gasteiger partial charge in [-0.05, 0) is 61.7 Å². The average molecular weight is 304 g/mol. The van der Waals surface area contributed by atoms with Gasteiger partial charge < -0.3 is 5.11 Å². The molecule has 3 nitrogen and oxygen atoms in total. The Hall–Kier alpha value is -0.700. The van der Waals surface area contributed by atoms with Gasteiger partial charge in [-0.2, -0.15) is 0 Å². The SMILES string of the molecule is C[C@]12CC[C@@H](O)C[C@@H]1CC[C@@H]1[C@H]2C(=O)C[C@]2(C)C(=O)CC[C@@H]12. The Bertz CT molecular complexity index is 527. The van der Waals surface area contributed by atoms with Crippen LogP contribution in [0.3, 0.4) is 0 Å². The predicted octanol–water partition coefficient (Wildman–Crippen LogP) is 3.14. The summed E-state index contributed by atoms with van der Waals surface area (Å²) < 4.78 is 0. The summed E-state index contributed by atoms with van der Waals surface area (Å²) in [6.45, 7) is 4.36. The van der Waals surface area contributed by atoms with E-state index in [2.05, 4.69) is 13.8 Å². The second-order valence-electron chi connectivity index (χ2n) is 8.98. The predicted molar refractivity (Wildman–Crippen MR) is 83.1 cm³/mol. The third-order valence-corrected chi connectivity index (χ3v) is 8.04. The number of Topliss-reactive ketones (excluding diaryl/α,β-unsaturated/α-hetero) is 2. The van der Waals surface area contributed by atoms with Crippen LogP contribution in [0.5, 0.6) is 0 Å². The standard InChI is InChI=1S/C19H28O3/c1-18-8-7-12(20)9-11(18)3-4-13-14-5-6-16(22)19(14,2)10-15(21)17(13)18/h11-14,17,20H,3-10H2,1-2H3/t11-,12+,13-,14-,17-,18-,19-/m0/s1. The van der Waals surface area contributed by atoms with Crippen molar-refractivity contribution in [3.63, 3.8) is 0 Å². The van der Waals surface area contributed by atoms with Gasteiger partial charge in [0, 0.05) is 24.2 Å². The zero-order valence-electron chi connectivity index (χ0n) is 13.8. The molecule has 0 aromatic rings. The summed E-state index contributed by atoms with van der Waals surface area (Å²) >= 11 is 0. The molecule has 4 aliphatic rings. The second kappa shape index (κ2) is 4.66. The summed E-state index contributed by atoms with van der Waals surface area (Å²) in [5.74, 6) is 2.14. The van der Waals surface area contributed by atoms with E-state index in [1.54, 1.807) is 0 Å². The van der Waals surface area contributed by atoms with Crippen molar-refractivity contribution in [2.75, 3.05) is 0 Å². The summed E-state index contributed by atoms with van der Waals surface area (Å²) in [6.07, 6.45) is 6.86. The molecule has 0 saturated heterocycles. The van der Waals surface area contributed by atoms with Crippen molar-refractivity contribution >= 4 is 11.6 Å². The van der Waals surface area contributed by atoms with Crippen LogP contribution in [-0.2, 0) is 9.59 Å². The van der Waals surface area contributed by atoms with Gasteiger partial charge in [0.1, 0.15) is 11.6 Å². The maximum absolute atomic E-state index is 13.0. The minimum Gasteiger partial charge on any atom is -0.393 e. The molecule has 1 N–H and O–H groups in total. The first-order valence-electron chi connectivity index (χ1n) is 9.10. The summed E-state index contributed by atoms with van der Waals surface area (Å²) in [6, 6.07) is 0. The van der Waals surface area contributed by atoms with Crippen molar-refractivity contribution in [3.8, 4) is 0 Å². The van der Waals surface area contributed by atoms with Crippen molar-refractivity contribution in [2.24, 2.45) is 34.5 Å². The van der Waals surface area contributed by atoms with Gasteiger partial charge >= 0.3 is 0 Å². The molecule has 0 spiro atoms. The molecule has 4 aliphatic carbocycles. The van der Waals surface area contributed by atoms with E-state index in [1.165, 1.54) is 0 Å². The van der Waals surface area contributed by atoms with Crippen molar-refractivity contribution in [2.45, 2.75) is 71.3 Å². The first-order valence-corrected chi connectivity index (χ1v) is 9.10. The van der Waals surface area contributed by atoms with Gasteiger partial charge in [-0.3, -0.25) is 9.59 Å². The van der Waals surface area contributed by atoms with Gasteiger partial charge in [0.05, 0.1) is 6.10 Å². The maximum Gasteiger partial charge on any atom is 0.139 e. The number of aliphatic hydroxyl groups is 1. The number of carbonyl (C=O) groups is 2. The Morgan fingerprint density at radius 2 is 1.86 bits per heavy atom. The maximum atomic E-state index is 13.0. The third kappa shape index (κ3) is 1.78. The van der Waals surface area contributed by atoms with Gasteiger partial charge in [0.15, 0.2) is 0 Å². The molecule has 122 valence electrons. The fourth-order valence-electron chi connectivity index (χ4n) is 6.83. The Kier molecular flexibility index (Phi) is 3.15. The number of rotatable bonds is 0. The molecule has 3 heteroatoms. The van der Waals surface area contributed by atoms with Gasteiger partial charge in [-0.1, -0.05) is 13.8 Å². The number of hydrogen-bond acceptors (Lipinski definition) is 3. The lowest BCUT2D eigenvalue weighted by Gasteiger charge is -2.58. The van der Waals surface area contributed by atoms with E-state index in [9.17, 15) is 14.7 Å². The average Bonchev–Trinajstić information content (AvgIpc) is 2.75. The molecule has 22 heavy (non-hydrogen) atoms. The van der Waals surface area contributed by atoms with E-state index in [0.717, 1.165) is 38.5 Å². The minimum atomic E-state index is -0.365. The highest BCUT2D eigenvalue weighted by atomic mass is 16.3. The van der Waals surface area contributed by atoms with Gasteiger partial charge in [0.25, 0.3) is 0 Å². The first kappa shape index (κ1) is 14.9. The number of carbonyl (C=O) groups excluding carboxylic acids is 2. The van der Waals surface area contributed by atoms with Crippen molar-refractivity contribution in [1.82, 2.24) is 0 Å². The fraction of sp³-hybridized carbons (Fsp3) is 0.895. The molecule has 4 rings (SSSR count).